The Balaban J connectivity index is 2.33. The van der Waals surface area contributed by atoms with E-state index in [1.165, 1.54) is 6.92 Å². The Kier molecular flexibility index (Phi) is 14.4. The minimum atomic E-state index is -1.77. The predicted octanol–water partition coefficient (Wildman–Crippen LogP) is 5.60. The van der Waals surface area contributed by atoms with Gasteiger partial charge in [-0.2, -0.15) is 4.39 Å². The first-order valence-electron chi connectivity index (χ1n) is 15.4. The summed E-state index contributed by atoms with van der Waals surface area (Å²) < 4.78 is 64.3. The zero-order valence-corrected chi connectivity index (χ0v) is 28.2. The van der Waals surface area contributed by atoms with E-state index in [9.17, 15) is 37.1 Å². The number of carbonyl (C=O) groups excluding carboxylic acids is 5. The van der Waals surface area contributed by atoms with Crippen LogP contribution in [0.2, 0.25) is 0 Å². The number of benzene rings is 2. The van der Waals surface area contributed by atoms with E-state index in [-0.39, 0.29) is 31.4 Å². The maximum Gasteiger partial charge on any atom is 0.408 e. The fourth-order valence-corrected chi connectivity index (χ4v) is 4.16. The molecule has 0 aromatic heterocycles. The number of carbonyl (C=O) groups is 5. The van der Waals surface area contributed by atoms with Crippen LogP contribution in [0.25, 0.3) is 0 Å². The maximum atomic E-state index is 14.9. The van der Waals surface area contributed by atoms with Crippen LogP contribution in [0.15, 0.2) is 36.4 Å². The van der Waals surface area contributed by atoms with E-state index in [0.29, 0.717) is 11.6 Å². The molecule has 2 rings (SSSR count). The number of aryl methyl sites for hydroxylation is 1. The molecule has 264 valence electrons. The zero-order chi connectivity index (χ0) is 36.2. The van der Waals surface area contributed by atoms with Gasteiger partial charge in [0.1, 0.15) is 29.9 Å². The summed E-state index contributed by atoms with van der Waals surface area (Å²) in [5.74, 6) is -9.80. The van der Waals surface area contributed by atoms with Gasteiger partial charge in [0.05, 0.1) is 0 Å². The van der Waals surface area contributed by atoms with Crippen LogP contribution in [0.3, 0.4) is 0 Å². The summed E-state index contributed by atoms with van der Waals surface area (Å²) in [6.45, 7) is 11.1. The first-order chi connectivity index (χ1) is 22.3. The Hall–Kier alpha value is -4.62. The number of hydrogen-bond acceptors (Lipinski definition) is 9. The summed E-state index contributed by atoms with van der Waals surface area (Å²) in [7, 11) is 0. The molecule has 2 amide bonds. The monoisotopic (exact) mass is 680 g/mol. The van der Waals surface area contributed by atoms with Crippen molar-refractivity contribution in [1.29, 1.82) is 0 Å². The Bertz CT molecular complexity index is 1450. The quantitative estimate of drug-likeness (QED) is 0.113. The topological polar surface area (TPSA) is 146 Å². The number of esters is 3. The predicted molar refractivity (Wildman–Crippen MR) is 167 cm³/mol. The number of alkyl carbamates (subject to hydrolysis) is 1. The minimum Gasteiger partial charge on any atom is -0.460 e. The van der Waals surface area contributed by atoms with E-state index in [4.69, 9.17) is 18.9 Å². The molecule has 0 aliphatic rings. The third-order valence-electron chi connectivity index (χ3n) is 6.31. The number of nitrogens with one attached hydrogen (secondary N) is 2. The summed E-state index contributed by atoms with van der Waals surface area (Å²) in [4.78, 5) is 64.3. The van der Waals surface area contributed by atoms with Gasteiger partial charge in [0, 0.05) is 12.8 Å². The van der Waals surface area contributed by atoms with E-state index in [1.807, 2.05) is 0 Å². The van der Waals surface area contributed by atoms with Gasteiger partial charge in [0.2, 0.25) is 17.5 Å². The third-order valence-corrected chi connectivity index (χ3v) is 6.31. The van der Waals surface area contributed by atoms with E-state index in [2.05, 4.69) is 10.6 Å². The summed E-state index contributed by atoms with van der Waals surface area (Å²) >= 11 is 0. The van der Waals surface area contributed by atoms with Crippen molar-refractivity contribution in [1.82, 2.24) is 10.6 Å². The summed E-state index contributed by atoms with van der Waals surface area (Å²) in [6, 6.07) is 6.02. The van der Waals surface area contributed by atoms with Gasteiger partial charge in [-0.05, 0) is 78.0 Å². The fraction of sp³-hybridized carbons (Fsp3) is 0.500. The van der Waals surface area contributed by atoms with E-state index in [1.54, 1.807) is 71.9 Å². The Labute approximate surface area is 277 Å². The van der Waals surface area contributed by atoms with Gasteiger partial charge in [-0.15, -0.1) is 0 Å². The van der Waals surface area contributed by atoms with Gasteiger partial charge in [0.25, 0.3) is 0 Å². The Morgan fingerprint density at radius 2 is 1.31 bits per heavy atom. The molecule has 0 spiro atoms. The van der Waals surface area contributed by atoms with Crippen LogP contribution in [0.1, 0.15) is 85.3 Å². The largest absolute Gasteiger partial charge is 0.460 e. The van der Waals surface area contributed by atoms with Gasteiger partial charge in [0.15, 0.2) is 11.6 Å². The normalized spacial score (nSPS) is 12.7. The molecule has 48 heavy (non-hydrogen) atoms. The smallest absolute Gasteiger partial charge is 0.408 e. The van der Waals surface area contributed by atoms with Crippen molar-refractivity contribution in [3.8, 4) is 5.75 Å². The molecule has 11 nitrogen and oxygen atoms in total. The molecule has 2 atom stereocenters. The summed E-state index contributed by atoms with van der Waals surface area (Å²) in [6.07, 6.45) is -2.69. The van der Waals surface area contributed by atoms with Crippen molar-refractivity contribution in [2.45, 2.75) is 110 Å². The molecule has 0 fully saturated rings. The molecule has 2 aromatic rings. The number of rotatable bonds is 14. The molecular weight excluding hydrogens is 637 g/mol. The zero-order valence-electron chi connectivity index (χ0n) is 28.2. The van der Waals surface area contributed by atoms with E-state index >= 15 is 0 Å². The first kappa shape index (κ1) is 39.6. The molecule has 0 bridgehead atoms. The van der Waals surface area contributed by atoms with Gasteiger partial charge in [-0.25, -0.2) is 18.4 Å². The standard InChI is InChI=1S/C34H43F3N2O9/c1-8-21-18-22(35)28(37)29(27(21)36)46-31(43)24(15-17-26(41)48-34(5,6)7)38-30(42)23(14-16-25(40)47-33(2,3)4)39-32(44)45-19-20-12-10-9-11-13-20/h9-13,18,23-24H,8,14-17,19H2,1-7H3,(H,38,42)(H,39,44)/t23-,24-/m0/s1. The minimum absolute atomic E-state index is 0.0578. The second-order valence-corrected chi connectivity index (χ2v) is 12.8. The molecule has 0 saturated heterocycles. The Morgan fingerprint density at radius 3 is 1.83 bits per heavy atom. The van der Waals surface area contributed by atoms with Crippen LogP contribution >= 0.6 is 0 Å². The number of halogens is 3. The highest BCUT2D eigenvalue weighted by atomic mass is 19.2. The highest BCUT2D eigenvalue weighted by molar-refractivity contribution is 5.90. The van der Waals surface area contributed by atoms with E-state index in [0.717, 1.165) is 0 Å². The molecule has 14 heteroatoms. The molecule has 2 aromatic carbocycles. The number of hydrogen-bond donors (Lipinski definition) is 2. The molecule has 0 aliphatic carbocycles. The van der Waals surface area contributed by atoms with Crippen molar-refractivity contribution >= 4 is 29.9 Å². The lowest BCUT2D eigenvalue weighted by atomic mass is 10.1. The number of amides is 2. The van der Waals surface area contributed by atoms with Crippen LogP contribution in [0.4, 0.5) is 18.0 Å². The molecule has 0 radical (unpaired) electrons. The Morgan fingerprint density at radius 1 is 0.771 bits per heavy atom. The van der Waals surface area contributed by atoms with Gasteiger partial charge >= 0.3 is 24.0 Å². The fourth-order valence-electron chi connectivity index (χ4n) is 4.16. The van der Waals surface area contributed by atoms with Gasteiger partial charge in [-0.3, -0.25) is 14.4 Å². The third kappa shape index (κ3) is 13.6. The lowest BCUT2D eigenvalue weighted by Gasteiger charge is -2.24. The highest BCUT2D eigenvalue weighted by Gasteiger charge is 2.32. The van der Waals surface area contributed by atoms with Crippen LogP contribution in [-0.2, 0) is 46.4 Å². The van der Waals surface area contributed by atoms with Crippen molar-refractivity contribution in [2.75, 3.05) is 0 Å². The molecule has 0 heterocycles. The summed E-state index contributed by atoms with van der Waals surface area (Å²) in [5.41, 5.74) is -1.36. The number of ether oxygens (including phenoxy) is 4. The van der Waals surface area contributed by atoms with Gasteiger partial charge in [-0.1, -0.05) is 37.3 Å². The lowest BCUT2D eigenvalue weighted by molar-refractivity contribution is -0.156. The highest BCUT2D eigenvalue weighted by Crippen LogP contribution is 2.28. The second kappa shape index (κ2) is 17.5. The van der Waals surface area contributed by atoms with E-state index < -0.39 is 89.2 Å². The van der Waals surface area contributed by atoms with Crippen LogP contribution in [0, 0.1) is 17.5 Å². The molecule has 0 unspecified atom stereocenters. The first-order valence-corrected chi connectivity index (χ1v) is 15.4. The van der Waals surface area contributed by atoms with Crippen molar-refractivity contribution in [3.63, 3.8) is 0 Å². The average Bonchev–Trinajstić information content (AvgIpc) is 2.98. The molecule has 2 N–H and O–H groups in total. The second-order valence-electron chi connectivity index (χ2n) is 12.8. The average molecular weight is 681 g/mol. The molecule has 0 saturated carbocycles. The van der Waals surface area contributed by atoms with Crippen molar-refractivity contribution in [3.05, 3.63) is 65.0 Å². The lowest BCUT2D eigenvalue weighted by Crippen LogP contribution is -2.52. The van der Waals surface area contributed by atoms with Crippen molar-refractivity contribution < 1.29 is 56.1 Å². The van der Waals surface area contributed by atoms with Crippen LogP contribution in [0.5, 0.6) is 5.75 Å². The molecular formula is C34H43F3N2O9. The van der Waals surface area contributed by atoms with Crippen molar-refractivity contribution in [2.24, 2.45) is 0 Å². The van der Waals surface area contributed by atoms with Crippen LogP contribution < -0.4 is 15.4 Å². The maximum absolute atomic E-state index is 14.9. The SMILES string of the molecule is CCc1cc(F)c(F)c(OC(=O)[C@H](CCC(=O)OC(C)(C)C)NC(=O)[C@H](CCC(=O)OC(C)(C)C)NC(=O)OCc2ccccc2)c1F. The van der Waals surface area contributed by atoms with Crippen LogP contribution in [-0.4, -0.2) is 53.2 Å². The van der Waals surface area contributed by atoms with Gasteiger partial charge < -0.3 is 29.6 Å². The molecule has 0 aliphatic heterocycles. The summed E-state index contributed by atoms with van der Waals surface area (Å²) in [5, 5.41) is 4.65.